The third kappa shape index (κ3) is 4.06. The number of methoxy groups -OCH3 is 1. The first-order valence-corrected chi connectivity index (χ1v) is 10.7. The lowest BCUT2D eigenvalue weighted by Gasteiger charge is -2.36. The highest BCUT2D eigenvalue weighted by Gasteiger charge is 2.53. The van der Waals surface area contributed by atoms with E-state index < -0.39 is 12.0 Å². The van der Waals surface area contributed by atoms with Crippen molar-refractivity contribution in [3.8, 4) is 34.0 Å². The molecule has 0 saturated carbocycles. The molecule has 33 heavy (non-hydrogen) atoms. The Morgan fingerprint density at radius 1 is 1.12 bits per heavy atom. The van der Waals surface area contributed by atoms with Crippen molar-refractivity contribution in [1.29, 1.82) is 0 Å². The first-order valence-electron chi connectivity index (χ1n) is 10.7. The zero-order chi connectivity index (χ0) is 23.2. The molecule has 2 aliphatic heterocycles. The van der Waals surface area contributed by atoms with Crippen molar-refractivity contribution in [2.45, 2.75) is 43.3 Å². The lowest BCUT2D eigenvalue weighted by molar-refractivity contribution is -0.0128. The summed E-state index contributed by atoms with van der Waals surface area (Å²) in [5, 5.41) is 21.4. The number of fused-ring (bicyclic) bond motifs is 2. The molecule has 4 heterocycles. The van der Waals surface area contributed by atoms with Crippen LogP contribution in [0, 0.1) is 0 Å². The third-order valence-corrected chi connectivity index (χ3v) is 6.53. The van der Waals surface area contributed by atoms with Crippen LogP contribution in [0.4, 0.5) is 14.6 Å². The summed E-state index contributed by atoms with van der Waals surface area (Å²) in [6, 6.07) is 5.96. The van der Waals surface area contributed by atoms with Gasteiger partial charge in [-0.1, -0.05) is 6.07 Å². The number of aromatic hydroxyl groups is 1. The third-order valence-electron chi connectivity index (χ3n) is 6.53. The van der Waals surface area contributed by atoms with E-state index >= 15 is 0 Å². The molecule has 2 saturated heterocycles. The summed E-state index contributed by atoms with van der Waals surface area (Å²) < 4.78 is 33.2. The molecule has 2 aromatic heterocycles. The van der Waals surface area contributed by atoms with Crippen molar-refractivity contribution in [2.24, 2.45) is 0 Å². The average molecular weight is 454 g/mol. The first kappa shape index (κ1) is 21.4. The highest BCUT2D eigenvalue weighted by atomic mass is 19.3. The molecule has 8 nitrogen and oxygen atoms in total. The van der Waals surface area contributed by atoms with Gasteiger partial charge >= 0.3 is 0 Å². The zero-order valence-electron chi connectivity index (χ0n) is 18.2. The Morgan fingerprint density at radius 3 is 2.67 bits per heavy atom. The number of phenolic OH excluding ortho intramolecular Hbond substituents is 1. The minimum Gasteiger partial charge on any atom is -0.507 e. The minimum atomic E-state index is -2.66. The van der Waals surface area contributed by atoms with Crippen LogP contribution in [0.2, 0.25) is 0 Å². The Morgan fingerprint density at radius 2 is 1.97 bits per heavy atom. The van der Waals surface area contributed by atoms with E-state index in [1.54, 1.807) is 36.8 Å². The molecule has 2 unspecified atom stereocenters. The number of aromatic nitrogens is 4. The van der Waals surface area contributed by atoms with Crippen molar-refractivity contribution in [3.63, 3.8) is 0 Å². The van der Waals surface area contributed by atoms with Crippen molar-refractivity contribution in [2.75, 3.05) is 19.1 Å². The summed E-state index contributed by atoms with van der Waals surface area (Å²) in [4.78, 5) is 10.9. The molecule has 0 spiro atoms. The van der Waals surface area contributed by atoms with E-state index in [-0.39, 0.29) is 24.3 Å². The fourth-order valence-corrected chi connectivity index (χ4v) is 4.70. The second kappa shape index (κ2) is 8.18. The number of anilines is 1. The fourth-order valence-electron chi connectivity index (χ4n) is 4.70. The van der Waals surface area contributed by atoms with Gasteiger partial charge in [-0.05, 0) is 30.5 Å². The first-order chi connectivity index (χ1) is 15.8. The van der Waals surface area contributed by atoms with Crippen LogP contribution in [0.5, 0.6) is 11.6 Å². The number of nitrogens with one attached hydrogen (secondary N) is 1. The van der Waals surface area contributed by atoms with Crippen LogP contribution in [-0.4, -0.2) is 63.5 Å². The standard InChI is InChI=1S/C23H24F2N6O2/c1-31(16-7-15-9-23(24,25)20(8-16)29-15)21-12-26-18(11-27-21)17-4-3-13(5-19(17)32)14-6-22(33-2)30-28-10-14/h3-6,10-12,15-16,20,29,32H,7-9H2,1-2H3/t15?,16-,20?/m1/s1. The van der Waals surface area contributed by atoms with Gasteiger partial charge in [0.2, 0.25) is 5.88 Å². The van der Waals surface area contributed by atoms with Crippen LogP contribution in [0.3, 0.4) is 0 Å². The Balaban J connectivity index is 1.33. The van der Waals surface area contributed by atoms with Crippen LogP contribution in [0.25, 0.3) is 22.4 Å². The number of benzene rings is 1. The molecule has 0 amide bonds. The quantitative estimate of drug-likeness (QED) is 0.607. The highest BCUT2D eigenvalue weighted by molar-refractivity contribution is 5.74. The predicted octanol–water partition coefficient (Wildman–Crippen LogP) is 3.28. The topological polar surface area (TPSA) is 96.3 Å². The molecule has 3 aromatic rings. The van der Waals surface area contributed by atoms with Gasteiger partial charge in [0.05, 0.1) is 37.4 Å². The van der Waals surface area contributed by atoms with Crippen molar-refractivity contribution < 1.29 is 18.6 Å². The van der Waals surface area contributed by atoms with Crippen LogP contribution >= 0.6 is 0 Å². The van der Waals surface area contributed by atoms with Gasteiger partial charge in [-0.25, -0.2) is 13.8 Å². The zero-order valence-corrected chi connectivity index (χ0v) is 18.2. The molecule has 10 heteroatoms. The number of halogens is 2. The molecular formula is C23H24F2N6O2. The maximum absolute atomic E-state index is 14.0. The van der Waals surface area contributed by atoms with Gasteiger partial charge in [-0.3, -0.25) is 4.98 Å². The number of ether oxygens (including phenoxy) is 1. The number of hydrogen-bond donors (Lipinski definition) is 2. The van der Waals surface area contributed by atoms with Crippen molar-refractivity contribution in [3.05, 3.63) is 42.9 Å². The fraction of sp³-hybridized carbons (Fsp3) is 0.391. The molecule has 172 valence electrons. The second-order valence-electron chi connectivity index (χ2n) is 8.60. The molecule has 5 rings (SSSR count). The largest absolute Gasteiger partial charge is 0.507 e. The number of alkyl halides is 2. The lowest BCUT2D eigenvalue weighted by Crippen LogP contribution is -2.49. The van der Waals surface area contributed by atoms with Gasteiger partial charge in [0.1, 0.15) is 11.6 Å². The SMILES string of the molecule is COc1cc(-c2ccc(-c3cnc(N(C)[C@@H]4CC5CC(F)(F)C(C4)N5)cn3)c(O)c2)cnn1. The maximum Gasteiger partial charge on any atom is 0.264 e. The van der Waals surface area contributed by atoms with Gasteiger partial charge in [0.25, 0.3) is 5.92 Å². The van der Waals surface area contributed by atoms with Gasteiger partial charge in [0.15, 0.2) is 0 Å². The Hall–Kier alpha value is -3.40. The molecule has 0 radical (unpaired) electrons. The van der Waals surface area contributed by atoms with Crippen LogP contribution in [0.15, 0.2) is 42.9 Å². The summed E-state index contributed by atoms with van der Waals surface area (Å²) in [6.07, 6.45) is 5.68. The van der Waals surface area contributed by atoms with Crippen LogP contribution in [0.1, 0.15) is 19.3 Å². The predicted molar refractivity (Wildman–Crippen MR) is 118 cm³/mol. The normalized spacial score (nSPS) is 23.3. The second-order valence-corrected chi connectivity index (χ2v) is 8.60. The Labute approximate surface area is 189 Å². The molecule has 2 bridgehead atoms. The number of phenols is 1. The van der Waals surface area contributed by atoms with Gasteiger partial charge < -0.3 is 20.1 Å². The molecule has 0 aliphatic carbocycles. The number of nitrogens with zero attached hydrogens (tertiary/aromatic N) is 5. The average Bonchev–Trinajstić information content (AvgIpc) is 3.04. The summed E-state index contributed by atoms with van der Waals surface area (Å²) in [7, 11) is 3.37. The Bertz CT molecular complexity index is 1160. The lowest BCUT2D eigenvalue weighted by atomic mass is 9.98. The molecule has 2 aliphatic rings. The molecule has 3 atom stereocenters. The van der Waals surface area contributed by atoms with E-state index in [1.807, 2.05) is 18.0 Å². The highest BCUT2D eigenvalue weighted by Crippen LogP contribution is 2.41. The molecular weight excluding hydrogens is 430 g/mol. The molecule has 1 aromatic carbocycles. The number of hydrogen-bond acceptors (Lipinski definition) is 8. The van der Waals surface area contributed by atoms with Gasteiger partial charge in [0, 0.05) is 42.7 Å². The van der Waals surface area contributed by atoms with Crippen LogP contribution < -0.4 is 15.0 Å². The maximum atomic E-state index is 14.0. The van der Waals surface area contributed by atoms with Crippen molar-refractivity contribution >= 4 is 5.82 Å². The minimum absolute atomic E-state index is 0.0339. The van der Waals surface area contributed by atoms with E-state index in [1.165, 1.54) is 7.11 Å². The van der Waals surface area contributed by atoms with E-state index in [0.717, 1.165) is 11.1 Å². The van der Waals surface area contributed by atoms with Gasteiger partial charge in [-0.2, -0.15) is 5.10 Å². The smallest absolute Gasteiger partial charge is 0.264 e. The van der Waals surface area contributed by atoms with Crippen LogP contribution in [-0.2, 0) is 0 Å². The molecule has 2 N–H and O–H groups in total. The number of rotatable bonds is 5. The summed E-state index contributed by atoms with van der Waals surface area (Å²) in [6.45, 7) is 0. The monoisotopic (exact) mass is 454 g/mol. The van der Waals surface area contributed by atoms with Gasteiger partial charge in [-0.15, -0.1) is 5.10 Å². The Kier molecular flexibility index (Phi) is 5.32. The van der Waals surface area contributed by atoms with E-state index in [0.29, 0.717) is 35.8 Å². The summed E-state index contributed by atoms with van der Waals surface area (Å²) >= 11 is 0. The summed E-state index contributed by atoms with van der Waals surface area (Å²) in [5.41, 5.74) is 2.56. The summed E-state index contributed by atoms with van der Waals surface area (Å²) in [5.74, 6) is -1.61. The van der Waals surface area contributed by atoms with E-state index in [4.69, 9.17) is 4.74 Å². The van der Waals surface area contributed by atoms with Crippen molar-refractivity contribution in [1.82, 2.24) is 25.5 Å². The number of piperidine rings is 1. The van der Waals surface area contributed by atoms with E-state index in [2.05, 4.69) is 25.5 Å². The van der Waals surface area contributed by atoms with E-state index in [9.17, 15) is 13.9 Å². The molecule has 2 fully saturated rings.